The van der Waals surface area contributed by atoms with Gasteiger partial charge in [-0.05, 0) is 19.3 Å². The van der Waals surface area contributed by atoms with Crippen LogP contribution in [0.4, 0.5) is 5.82 Å². The zero-order valence-electron chi connectivity index (χ0n) is 12.0. The van der Waals surface area contributed by atoms with Crippen molar-refractivity contribution in [2.45, 2.75) is 32.2 Å². The molecule has 0 aromatic carbocycles. The highest BCUT2D eigenvalue weighted by Gasteiger charge is 2.20. The van der Waals surface area contributed by atoms with Crippen LogP contribution in [0.25, 0.3) is 0 Å². The molecule has 0 saturated carbocycles. The number of carbonyl (C=O) groups is 1. The van der Waals surface area contributed by atoms with Gasteiger partial charge in [-0.1, -0.05) is 6.92 Å². The minimum Gasteiger partial charge on any atom is -0.366 e. The van der Waals surface area contributed by atoms with Crippen LogP contribution in [-0.2, 0) is 4.79 Å². The molecule has 1 saturated heterocycles. The molecular formula is C14H23N5O. The molecule has 0 spiro atoms. The molecule has 1 amide bonds. The van der Waals surface area contributed by atoms with Crippen molar-refractivity contribution in [1.82, 2.24) is 20.2 Å². The molecule has 0 bridgehead atoms. The second-order valence-electron chi connectivity index (χ2n) is 5.14. The van der Waals surface area contributed by atoms with Crippen molar-refractivity contribution in [2.24, 2.45) is 0 Å². The topological polar surface area (TPSA) is 70.2 Å². The van der Waals surface area contributed by atoms with E-state index in [9.17, 15) is 4.79 Å². The molecule has 110 valence electrons. The Labute approximate surface area is 120 Å². The van der Waals surface area contributed by atoms with Gasteiger partial charge in [0, 0.05) is 38.1 Å². The maximum atomic E-state index is 11.7. The highest BCUT2D eigenvalue weighted by Crippen LogP contribution is 2.14. The van der Waals surface area contributed by atoms with Gasteiger partial charge in [0.15, 0.2) is 0 Å². The lowest BCUT2D eigenvalue weighted by Gasteiger charge is -2.32. The van der Waals surface area contributed by atoms with Crippen molar-refractivity contribution < 1.29 is 4.79 Å². The Hall–Kier alpha value is -1.69. The van der Waals surface area contributed by atoms with Crippen LogP contribution in [-0.4, -0.2) is 53.0 Å². The van der Waals surface area contributed by atoms with Crippen molar-refractivity contribution in [3.8, 4) is 0 Å². The lowest BCUT2D eigenvalue weighted by molar-refractivity contribution is -0.122. The summed E-state index contributed by atoms with van der Waals surface area (Å²) in [7, 11) is 0. The minimum atomic E-state index is 0.132. The fourth-order valence-corrected chi connectivity index (χ4v) is 2.34. The van der Waals surface area contributed by atoms with Gasteiger partial charge in [-0.25, -0.2) is 4.98 Å². The van der Waals surface area contributed by atoms with E-state index in [0.29, 0.717) is 12.6 Å². The number of anilines is 1. The van der Waals surface area contributed by atoms with Crippen LogP contribution in [0, 0.1) is 0 Å². The van der Waals surface area contributed by atoms with Crippen molar-refractivity contribution in [2.75, 3.05) is 31.5 Å². The highest BCUT2D eigenvalue weighted by molar-refractivity contribution is 5.77. The summed E-state index contributed by atoms with van der Waals surface area (Å²) in [6.45, 7) is 5.22. The highest BCUT2D eigenvalue weighted by atomic mass is 16.2. The van der Waals surface area contributed by atoms with Gasteiger partial charge in [0.1, 0.15) is 5.82 Å². The van der Waals surface area contributed by atoms with Gasteiger partial charge in [-0.15, -0.1) is 0 Å². The van der Waals surface area contributed by atoms with Gasteiger partial charge in [0.2, 0.25) is 5.91 Å². The number of piperidine rings is 1. The monoisotopic (exact) mass is 277 g/mol. The predicted molar refractivity (Wildman–Crippen MR) is 78.4 cm³/mol. The molecule has 2 N–H and O–H groups in total. The van der Waals surface area contributed by atoms with Crippen LogP contribution in [0.2, 0.25) is 0 Å². The van der Waals surface area contributed by atoms with E-state index in [2.05, 4.69) is 32.4 Å². The van der Waals surface area contributed by atoms with Crippen molar-refractivity contribution in [3.63, 3.8) is 0 Å². The number of likely N-dealkylation sites (tertiary alicyclic amines) is 1. The Morgan fingerprint density at radius 2 is 2.20 bits per heavy atom. The van der Waals surface area contributed by atoms with Gasteiger partial charge in [0.05, 0.1) is 12.7 Å². The lowest BCUT2D eigenvalue weighted by atomic mass is 10.1. The number of rotatable bonds is 6. The van der Waals surface area contributed by atoms with E-state index >= 15 is 0 Å². The number of hydrogen-bond acceptors (Lipinski definition) is 5. The van der Waals surface area contributed by atoms with E-state index in [1.165, 1.54) is 0 Å². The third-order valence-electron chi connectivity index (χ3n) is 3.44. The van der Waals surface area contributed by atoms with E-state index in [0.717, 1.165) is 44.7 Å². The van der Waals surface area contributed by atoms with Crippen LogP contribution < -0.4 is 10.6 Å². The Bertz CT molecular complexity index is 403. The number of carbonyl (C=O) groups excluding carboxylic acids is 1. The molecule has 6 nitrogen and oxygen atoms in total. The molecule has 0 radical (unpaired) electrons. The lowest BCUT2D eigenvalue weighted by Crippen LogP contribution is -2.44. The van der Waals surface area contributed by atoms with Crippen molar-refractivity contribution in [3.05, 3.63) is 18.6 Å². The second kappa shape index (κ2) is 7.79. The Kier molecular flexibility index (Phi) is 5.73. The van der Waals surface area contributed by atoms with Crippen LogP contribution in [0.15, 0.2) is 18.6 Å². The largest absolute Gasteiger partial charge is 0.366 e. The molecule has 0 atom stereocenters. The summed E-state index contributed by atoms with van der Waals surface area (Å²) in [5.41, 5.74) is 0. The summed E-state index contributed by atoms with van der Waals surface area (Å²) in [5, 5.41) is 6.30. The van der Waals surface area contributed by atoms with Gasteiger partial charge in [-0.3, -0.25) is 14.7 Å². The molecule has 1 aliphatic rings. The average Bonchev–Trinajstić information content (AvgIpc) is 2.48. The standard InChI is InChI=1S/C14H23N5O/c1-2-5-17-14(20)11-19-8-3-12(4-9-19)18-13-10-15-6-7-16-13/h6-7,10,12H,2-5,8-9,11H2,1H3,(H,16,18)(H,17,20). The fraction of sp³-hybridized carbons (Fsp3) is 0.643. The Balaban J connectivity index is 1.68. The summed E-state index contributed by atoms with van der Waals surface area (Å²) in [6.07, 6.45) is 8.13. The van der Waals surface area contributed by atoms with E-state index in [4.69, 9.17) is 0 Å². The van der Waals surface area contributed by atoms with Gasteiger partial charge >= 0.3 is 0 Å². The summed E-state index contributed by atoms with van der Waals surface area (Å²) >= 11 is 0. The van der Waals surface area contributed by atoms with E-state index in [1.54, 1.807) is 18.6 Å². The quantitative estimate of drug-likeness (QED) is 0.808. The summed E-state index contributed by atoms with van der Waals surface area (Å²) in [4.78, 5) is 22.1. The number of nitrogens with one attached hydrogen (secondary N) is 2. The molecule has 1 aliphatic heterocycles. The molecule has 1 aromatic heterocycles. The maximum Gasteiger partial charge on any atom is 0.234 e. The first-order valence-electron chi connectivity index (χ1n) is 7.29. The molecular weight excluding hydrogens is 254 g/mol. The van der Waals surface area contributed by atoms with Crippen LogP contribution in [0.5, 0.6) is 0 Å². The number of amides is 1. The first-order valence-corrected chi connectivity index (χ1v) is 7.29. The van der Waals surface area contributed by atoms with E-state index in [1.807, 2.05) is 0 Å². The SMILES string of the molecule is CCCNC(=O)CN1CCC(Nc2cnccn2)CC1. The first-order chi connectivity index (χ1) is 9.78. The summed E-state index contributed by atoms with van der Waals surface area (Å²) in [5.74, 6) is 0.957. The zero-order chi connectivity index (χ0) is 14.2. The Morgan fingerprint density at radius 3 is 2.85 bits per heavy atom. The van der Waals surface area contributed by atoms with Gasteiger partial charge in [0.25, 0.3) is 0 Å². The second-order valence-corrected chi connectivity index (χ2v) is 5.14. The molecule has 1 aromatic rings. The Morgan fingerprint density at radius 1 is 1.40 bits per heavy atom. The van der Waals surface area contributed by atoms with Gasteiger partial charge < -0.3 is 10.6 Å². The summed E-state index contributed by atoms with van der Waals surface area (Å²) in [6, 6.07) is 0.418. The third-order valence-corrected chi connectivity index (χ3v) is 3.44. The van der Waals surface area contributed by atoms with E-state index in [-0.39, 0.29) is 5.91 Å². The number of aromatic nitrogens is 2. The number of hydrogen-bond donors (Lipinski definition) is 2. The average molecular weight is 277 g/mol. The first kappa shape index (κ1) is 14.7. The van der Waals surface area contributed by atoms with Crippen LogP contribution in [0.1, 0.15) is 26.2 Å². The molecule has 2 rings (SSSR count). The zero-order valence-corrected chi connectivity index (χ0v) is 12.0. The fourth-order valence-electron chi connectivity index (χ4n) is 2.34. The smallest absolute Gasteiger partial charge is 0.234 e. The van der Waals surface area contributed by atoms with Crippen molar-refractivity contribution >= 4 is 11.7 Å². The van der Waals surface area contributed by atoms with Crippen molar-refractivity contribution in [1.29, 1.82) is 0 Å². The van der Waals surface area contributed by atoms with Gasteiger partial charge in [-0.2, -0.15) is 0 Å². The minimum absolute atomic E-state index is 0.132. The predicted octanol–water partition coefficient (Wildman–Crippen LogP) is 0.879. The molecule has 20 heavy (non-hydrogen) atoms. The molecule has 0 aliphatic carbocycles. The summed E-state index contributed by atoms with van der Waals surface area (Å²) < 4.78 is 0. The number of nitrogens with zero attached hydrogens (tertiary/aromatic N) is 3. The molecule has 6 heteroatoms. The maximum absolute atomic E-state index is 11.7. The van der Waals surface area contributed by atoms with E-state index < -0.39 is 0 Å². The van der Waals surface area contributed by atoms with Crippen LogP contribution >= 0.6 is 0 Å². The van der Waals surface area contributed by atoms with Crippen LogP contribution in [0.3, 0.4) is 0 Å². The molecule has 0 unspecified atom stereocenters. The molecule has 2 heterocycles. The molecule has 1 fully saturated rings. The normalized spacial score (nSPS) is 16.9. The third kappa shape index (κ3) is 4.77.